The molecule has 0 fully saturated rings. The summed E-state index contributed by atoms with van der Waals surface area (Å²) in [6.07, 6.45) is 2.94. The van der Waals surface area contributed by atoms with E-state index in [9.17, 15) is 0 Å². The highest BCUT2D eigenvalue weighted by Crippen LogP contribution is 2.27. The molecule has 1 aliphatic heterocycles. The fourth-order valence-electron chi connectivity index (χ4n) is 3.65. The molecule has 126 valence electrons. The number of hydrogen-bond donors (Lipinski definition) is 0. The van der Waals surface area contributed by atoms with Gasteiger partial charge in [-0.3, -0.25) is 4.98 Å². The second kappa shape index (κ2) is 6.26. The molecule has 0 atom stereocenters. The van der Waals surface area contributed by atoms with Gasteiger partial charge >= 0.3 is 0 Å². The summed E-state index contributed by atoms with van der Waals surface area (Å²) >= 11 is 0. The van der Waals surface area contributed by atoms with Crippen LogP contribution in [0.1, 0.15) is 11.3 Å². The number of benzene rings is 2. The smallest absolute Gasteiger partial charge is 0.0709 e. The SMILES string of the molecule is c1cnc2c(c1)CCN(c1ccc(-c3ccc4ccccc4n3)cc1)C2. The van der Waals surface area contributed by atoms with Crippen molar-refractivity contribution in [2.75, 3.05) is 11.4 Å². The maximum atomic E-state index is 4.79. The van der Waals surface area contributed by atoms with E-state index in [1.165, 1.54) is 22.3 Å². The van der Waals surface area contributed by atoms with E-state index in [2.05, 4.69) is 64.5 Å². The summed E-state index contributed by atoms with van der Waals surface area (Å²) in [6.45, 7) is 1.91. The van der Waals surface area contributed by atoms with Crippen LogP contribution in [-0.4, -0.2) is 16.5 Å². The van der Waals surface area contributed by atoms with Crippen molar-refractivity contribution in [2.45, 2.75) is 13.0 Å². The highest BCUT2D eigenvalue weighted by molar-refractivity contribution is 5.81. The molecule has 0 saturated carbocycles. The quantitative estimate of drug-likeness (QED) is 0.523. The summed E-state index contributed by atoms with van der Waals surface area (Å²) in [4.78, 5) is 11.7. The number of rotatable bonds is 2. The van der Waals surface area contributed by atoms with Gasteiger partial charge in [0, 0.05) is 29.4 Å². The molecule has 0 spiro atoms. The Labute approximate surface area is 153 Å². The van der Waals surface area contributed by atoms with Crippen LogP contribution in [0.25, 0.3) is 22.2 Å². The van der Waals surface area contributed by atoms with Crippen molar-refractivity contribution in [1.29, 1.82) is 0 Å². The Kier molecular flexibility index (Phi) is 3.64. The van der Waals surface area contributed by atoms with Gasteiger partial charge in [-0.05, 0) is 42.3 Å². The van der Waals surface area contributed by atoms with E-state index in [-0.39, 0.29) is 0 Å². The lowest BCUT2D eigenvalue weighted by molar-refractivity contribution is 0.710. The second-order valence-electron chi connectivity index (χ2n) is 6.72. The lowest BCUT2D eigenvalue weighted by atomic mass is 10.0. The van der Waals surface area contributed by atoms with E-state index in [1.54, 1.807) is 0 Å². The minimum absolute atomic E-state index is 0.879. The summed E-state index contributed by atoms with van der Waals surface area (Å²) in [6, 6.07) is 25.4. The number of fused-ring (bicyclic) bond motifs is 2. The molecule has 0 saturated heterocycles. The summed E-state index contributed by atoms with van der Waals surface area (Å²) in [7, 11) is 0. The maximum Gasteiger partial charge on any atom is 0.0709 e. The van der Waals surface area contributed by atoms with Crippen molar-refractivity contribution >= 4 is 16.6 Å². The van der Waals surface area contributed by atoms with Gasteiger partial charge in [-0.15, -0.1) is 0 Å². The topological polar surface area (TPSA) is 29.0 Å². The molecular formula is C23H19N3. The first kappa shape index (κ1) is 15.1. The van der Waals surface area contributed by atoms with Gasteiger partial charge < -0.3 is 4.90 Å². The van der Waals surface area contributed by atoms with Gasteiger partial charge in [-0.2, -0.15) is 0 Å². The zero-order valence-electron chi connectivity index (χ0n) is 14.5. The second-order valence-corrected chi connectivity index (χ2v) is 6.72. The fraction of sp³-hybridized carbons (Fsp3) is 0.130. The van der Waals surface area contributed by atoms with E-state index in [4.69, 9.17) is 4.98 Å². The van der Waals surface area contributed by atoms with Gasteiger partial charge in [0.1, 0.15) is 0 Å². The molecule has 2 aromatic carbocycles. The molecule has 3 nitrogen and oxygen atoms in total. The molecular weight excluding hydrogens is 318 g/mol. The van der Waals surface area contributed by atoms with Crippen molar-refractivity contribution in [3.8, 4) is 11.3 Å². The summed E-state index contributed by atoms with van der Waals surface area (Å²) in [5, 5.41) is 1.17. The van der Waals surface area contributed by atoms with Crippen molar-refractivity contribution < 1.29 is 0 Å². The minimum Gasteiger partial charge on any atom is -0.365 e. The lowest BCUT2D eigenvalue weighted by Crippen LogP contribution is -2.30. The van der Waals surface area contributed by atoms with Crippen molar-refractivity contribution in [1.82, 2.24) is 9.97 Å². The predicted molar refractivity (Wildman–Crippen MR) is 106 cm³/mol. The Morgan fingerprint density at radius 3 is 2.62 bits per heavy atom. The summed E-state index contributed by atoms with van der Waals surface area (Å²) in [5.41, 5.74) is 7.01. The third kappa shape index (κ3) is 2.72. The van der Waals surface area contributed by atoms with Crippen LogP contribution in [0.4, 0.5) is 5.69 Å². The lowest BCUT2D eigenvalue weighted by Gasteiger charge is -2.30. The summed E-state index contributed by atoms with van der Waals surface area (Å²) in [5.74, 6) is 0. The van der Waals surface area contributed by atoms with Crippen LogP contribution < -0.4 is 4.90 Å². The molecule has 0 bridgehead atoms. The van der Waals surface area contributed by atoms with E-state index in [0.717, 1.165) is 36.3 Å². The molecule has 3 heteroatoms. The number of hydrogen-bond acceptors (Lipinski definition) is 3. The Morgan fingerprint density at radius 1 is 0.808 bits per heavy atom. The van der Waals surface area contributed by atoms with Gasteiger partial charge in [-0.1, -0.05) is 42.5 Å². The third-order valence-electron chi connectivity index (χ3n) is 5.10. The molecule has 1 aliphatic rings. The first-order valence-electron chi connectivity index (χ1n) is 9.01. The van der Waals surface area contributed by atoms with Gasteiger partial charge in [0.25, 0.3) is 0 Å². The van der Waals surface area contributed by atoms with Crippen molar-refractivity contribution in [2.24, 2.45) is 0 Å². The van der Waals surface area contributed by atoms with Crippen LogP contribution in [0, 0.1) is 0 Å². The number of pyridine rings is 2. The summed E-state index contributed by atoms with van der Waals surface area (Å²) < 4.78 is 0. The van der Waals surface area contributed by atoms with Crippen molar-refractivity contribution in [3.05, 3.63) is 90.3 Å². The van der Waals surface area contributed by atoms with Crippen LogP contribution in [-0.2, 0) is 13.0 Å². The molecule has 26 heavy (non-hydrogen) atoms. The van der Waals surface area contributed by atoms with Crippen LogP contribution in [0.2, 0.25) is 0 Å². The number of anilines is 1. The zero-order chi connectivity index (χ0) is 17.3. The highest BCUT2D eigenvalue weighted by atomic mass is 15.1. The highest BCUT2D eigenvalue weighted by Gasteiger charge is 2.17. The normalized spacial score (nSPS) is 13.6. The molecule has 5 rings (SSSR count). The zero-order valence-corrected chi connectivity index (χ0v) is 14.5. The number of aromatic nitrogens is 2. The van der Waals surface area contributed by atoms with E-state index >= 15 is 0 Å². The van der Waals surface area contributed by atoms with Crippen LogP contribution in [0.5, 0.6) is 0 Å². The van der Waals surface area contributed by atoms with Gasteiger partial charge in [-0.25, -0.2) is 4.98 Å². The average molecular weight is 337 g/mol. The molecule has 0 aliphatic carbocycles. The molecule has 4 aromatic rings. The van der Waals surface area contributed by atoms with Crippen LogP contribution >= 0.6 is 0 Å². The minimum atomic E-state index is 0.879. The number of nitrogens with zero attached hydrogens (tertiary/aromatic N) is 3. The molecule has 0 N–H and O–H groups in total. The van der Waals surface area contributed by atoms with Crippen molar-refractivity contribution in [3.63, 3.8) is 0 Å². The van der Waals surface area contributed by atoms with Crippen LogP contribution in [0.3, 0.4) is 0 Å². The fourth-order valence-corrected chi connectivity index (χ4v) is 3.65. The number of para-hydroxylation sites is 1. The van der Waals surface area contributed by atoms with E-state index in [1.807, 2.05) is 24.4 Å². The molecule has 0 unspecified atom stereocenters. The predicted octanol–water partition coefficient (Wildman–Crippen LogP) is 4.86. The van der Waals surface area contributed by atoms with Gasteiger partial charge in [0.2, 0.25) is 0 Å². The first-order chi connectivity index (χ1) is 12.9. The molecule has 3 heterocycles. The Hall–Kier alpha value is -3.20. The van der Waals surface area contributed by atoms with Gasteiger partial charge in [0.15, 0.2) is 0 Å². The Morgan fingerprint density at radius 2 is 1.69 bits per heavy atom. The maximum absolute atomic E-state index is 4.79. The van der Waals surface area contributed by atoms with Gasteiger partial charge in [0.05, 0.1) is 23.4 Å². The first-order valence-corrected chi connectivity index (χ1v) is 9.01. The van der Waals surface area contributed by atoms with Crippen LogP contribution in [0.15, 0.2) is 79.0 Å². The Bertz CT molecular complexity index is 1070. The largest absolute Gasteiger partial charge is 0.365 e. The average Bonchev–Trinajstić information content (AvgIpc) is 2.73. The Balaban J connectivity index is 1.42. The van der Waals surface area contributed by atoms with E-state index < -0.39 is 0 Å². The van der Waals surface area contributed by atoms with E-state index in [0.29, 0.717) is 0 Å². The third-order valence-corrected chi connectivity index (χ3v) is 5.10. The molecule has 0 radical (unpaired) electrons. The molecule has 2 aromatic heterocycles. The molecule has 0 amide bonds. The monoisotopic (exact) mass is 337 g/mol. The standard InChI is InChI=1S/C23H19N3/c1-2-6-21-17(4-1)9-12-22(25-21)19-7-10-20(11-8-19)26-15-13-18-5-3-14-24-23(18)16-26/h1-12,14H,13,15-16H2.